The maximum Gasteiger partial charge on any atom is 0.160 e. The molecule has 1 rings (SSSR count). The van der Waals surface area contributed by atoms with E-state index in [9.17, 15) is 5.11 Å². The minimum absolute atomic E-state index is 0.199. The van der Waals surface area contributed by atoms with Gasteiger partial charge in [0.1, 0.15) is 0 Å². The molecular weight excluding hydrogens is 228 g/mol. The number of methoxy groups -OCH3 is 1. The van der Waals surface area contributed by atoms with Crippen LogP contribution in [0.2, 0.25) is 0 Å². The predicted molar refractivity (Wildman–Crippen MR) is 74.2 cm³/mol. The molecule has 4 nitrogen and oxygen atoms in total. The zero-order valence-electron chi connectivity index (χ0n) is 11.6. The molecule has 0 heterocycles. The Morgan fingerprint density at radius 1 is 1.28 bits per heavy atom. The lowest BCUT2D eigenvalue weighted by molar-refractivity contribution is 0.373. The zero-order chi connectivity index (χ0) is 13.4. The number of phenolic OH excluding ortho intramolecular Hbond substituents is 1. The summed E-state index contributed by atoms with van der Waals surface area (Å²) in [5.74, 6) is 0.717. The van der Waals surface area contributed by atoms with Crippen LogP contribution in [-0.2, 0) is 6.54 Å². The minimum atomic E-state index is 0.199. The van der Waals surface area contributed by atoms with Gasteiger partial charge in [0.2, 0.25) is 0 Å². The second-order valence-corrected chi connectivity index (χ2v) is 4.69. The molecule has 0 spiro atoms. The third kappa shape index (κ3) is 5.38. The Morgan fingerprint density at radius 2 is 2.06 bits per heavy atom. The van der Waals surface area contributed by atoms with Gasteiger partial charge in [0.25, 0.3) is 0 Å². The highest BCUT2D eigenvalue weighted by molar-refractivity contribution is 5.41. The standard InChI is InChI=1S/C14H24N2O2/c1-16(2)9-5-4-8-15-11-12-6-7-14(18-3)13(17)10-12/h6-7,10,15,17H,4-5,8-9,11H2,1-3H3. The number of ether oxygens (including phenoxy) is 1. The average molecular weight is 252 g/mol. The summed E-state index contributed by atoms with van der Waals surface area (Å²) in [6.07, 6.45) is 2.37. The Labute approximate surface area is 110 Å². The number of aromatic hydroxyl groups is 1. The van der Waals surface area contributed by atoms with Gasteiger partial charge in [0.15, 0.2) is 11.5 Å². The molecule has 4 heteroatoms. The van der Waals surface area contributed by atoms with Crippen molar-refractivity contribution in [3.63, 3.8) is 0 Å². The first-order chi connectivity index (χ1) is 8.63. The summed E-state index contributed by atoms with van der Waals surface area (Å²) in [4.78, 5) is 2.20. The minimum Gasteiger partial charge on any atom is -0.504 e. The van der Waals surface area contributed by atoms with Gasteiger partial charge in [-0.3, -0.25) is 0 Å². The van der Waals surface area contributed by atoms with E-state index in [1.54, 1.807) is 19.2 Å². The highest BCUT2D eigenvalue weighted by Gasteiger charge is 2.01. The summed E-state index contributed by atoms with van der Waals surface area (Å²) in [7, 11) is 5.73. The normalized spacial score (nSPS) is 10.9. The first-order valence-corrected chi connectivity index (χ1v) is 6.35. The molecule has 0 bridgehead atoms. The molecule has 102 valence electrons. The van der Waals surface area contributed by atoms with Crippen molar-refractivity contribution in [2.75, 3.05) is 34.3 Å². The molecule has 0 radical (unpaired) electrons. The van der Waals surface area contributed by atoms with Gasteiger partial charge in [-0.15, -0.1) is 0 Å². The van der Waals surface area contributed by atoms with E-state index in [0.717, 1.165) is 25.2 Å². The van der Waals surface area contributed by atoms with Crippen molar-refractivity contribution in [3.8, 4) is 11.5 Å². The van der Waals surface area contributed by atoms with Gasteiger partial charge < -0.3 is 20.1 Å². The van der Waals surface area contributed by atoms with Gasteiger partial charge in [-0.1, -0.05) is 6.07 Å². The van der Waals surface area contributed by atoms with Crippen LogP contribution < -0.4 is 10.1 Å². The van der Waals surface area contributed by atoms with Gasteiger partial charge in [-0.05, 0) is 57.7 Å². The number of hydrogen-bond donors (Lipinski definition) is 2. The number of nitrogens with zero attached hydrogens (tertiary/aromatic N) is 1. The zero-order valence-corrected chi connectivity index (χ0v) is 11.6. The largest absolute Gasteiger partial charge is 0.504 e. The number of benzene rings is 1. The number of hydrogen-bond acceptors (Lipinski definition) is 4. The summed E-state index contributed by atoms with van der Waals surface area (Å²) in [6.45, 7) is 2.91. The van der Waals surface area contributed by atoms with E-state index in [1.165, 1.54) is 12.8 Å². The third-order valence-corrected chi connectivity index (χ3v) is 2.78. The lowest BCUT2D eigenvalue weighted by Crippen LogP contribution is -2.18. The molecule has 1 aromatic rings. The highest BCUT2D eigenvalue weighted by atomic mass is 16.5. The van der Waals surface area contributed by atoms with Crippen LogP contribution in [-0.4, -0.2) is 44.3 Å². The molecule has 0 saturated heterocycles. The summed E-state index contributed by atoms with van der Waals surface area (Å²) >= 11 is 0. The van der Waals surface area contributed by atoms with Gasteiger partial charge >= 0.3 is 0 Å². The quantitative estimate of drug-likeness (QED) is 0.693. The molecule has 2 N–H and O–H groups in total. The Morgan fingerprint density at radius 3 is 2.67 bits per heavy atom. The van der Waals surface area contributed by atoms with Crippen LogP contribution in [0.25, 0.3) is 0 Å². The van der Waals surface area contributed by atoms with Crippen LogP contribution in [0, 0.1) is 0 Å². The van der Waals surface area contributed by atoms with E-state index >= 15 is 0 Å². The van der Waals surface area contributed by atoms with E-state index in [0.29, 0.717) is 5.75 Å². The van der Waals surface area contributed by atoms with E-state index in [4.69, 9.17) is 4.74 Å². The lowest BCUT2D eigenvalue weighted by Gasteiger charge is -2.10. The topological polar surface area (TPSA) is 44.7 Å². The second kappa shape index (κ2) is 7.95. The molecule has 0 atom stereocenters. The molecule has 0 aliphatic carbocycles. The summed E-state index contributed by atoms with van der Waals surface area (Å²) in [6, 6.07) is 5.50. The van der Waals surface area contributed by atoms with Crippen molar-refractivity contribution in [1.82, 2.24) is 10.2 Å². The van der Waals surface area contributed by atoms with Crippen LogP contribution in [0.4, 0.5) is 0 Å². The number of unbranched alkanes of at least 4 members (excludes halogenated alkanes) is 1. The van der Waals surface area contributed by atoms with Crippen molar-refractivity contribution in [1.29, 1.82) is 0 Å². The number of rotatable bonds is 8. The van der Waals surface area contributed by atoms with Gasteiger partial charge in [-0.2, -0.15) is 0 Å². The van der Waals surface area contributed by atoms with Gasteiger partial charge in [-0.25, -0.2) is 0 Å². The van der Waals surface area contributed by atoms with Gasteiger partial charge in [0, 0.05) is 6.54 Å². The summed E-state index contributed by atoms with van der Waals surface area (Å²) in [5, 5.41) is 13.0. The maximum absolute atomic E-state index is 9.63. The molecule has 0 saturated carbocycles. The van der Waals surface area contributed by atoms with Crippen LogP contribution >= 0.6 is 0 Å². The second-order valence-electron chi connectivity index (χ2n) is 4.69. The number of phenols is 1. The first kappa shape index (κ1) is 14.8. The van der Waals surface area contributed by atoms with E-state index in [-0.39, 0.29) is 5.75 Å². The molecule has 18 heavy (non-hydrogen) atoms. The first-order valence-electron chi connectivity index (χ1n) is 6.35. The maximum atomic E-state index is 9.63. The van der Waals surface area contributed by atoms with Crippen molar-refractivity contribution >= 4 is 0 Å². The fraction of sp³-hybridized carbons (Fsp3) is 0.571. The molecule has 1 aromatic carbocycles. The van der Waals surface area contributed by atoms with Crippen LogP contribution in [0.3, 0.4) is 0 Å². The van der Waals surface area contributed by atoms with Crippen LogP contribution in [0.1, 0.15) is 18.4 Å². The highest BCUT2D eigenvalue weighted by Crippen LogP contribution is 2.25. The Bertz CT molecular complexity index is 354. The SMILES string of the molecule is COc1ccc(CNCCCCN(C)C)cc1O. The van der Waals surface area contributed by atoms with Crippen LogP contribution in [0.15, 0.2) is 18.2 Å². The van der Waals surface area contributed by atoms with Crippen molar-refractivity contribution in [2.24, 2.45) is 0 Å². The monoisotopic (exact) mass is 252 g/mol. The fourth-order valence-electron chi connectivity index (χ4n) is 1.76. The Balaban J connectivity index is 2.21. The molecule has 0 aromatic heterocycles. The molecule has 0 aliphatic heterocycles. The Kier molecular flexibility index (Phi) is 6.54. The molecule has 0 fully saturated rings. The van der Waals surface area contributed by atoms with Crippen molar-refractivity contribution in [3.05, 3.63) is 23.8 Å². The Hall–Kier alpha value is -1.26. The smallest absolute Gasteiger partial charge is 0.160 e. The van der Waals surface area contributed by atoms with Crippen molar-refractivity contribution in [2.45, 2.75) is 19.4 Å². The predicted octanol–water partition coefficient (Wildman–Crippen LogP) is 1.83. The molecular formula is C14H24N2O2. The molecule has 0 amide bonds. The van der Waals surface area contributed by atoms with Crippen molar-refractivity contribution < 1.29 is 9.84 Å². The molecule has 0 aliphatic rings. The molecule has 0 unspecified atom stereocenters. The average Bonchev–Trinajstić information content (AvgIpc) is 2.33. The summed E-state index contributed by atoms with van der Waals surface area (Å²) < 4.78 is 5.00. The fourth-order valence-corrected chi connectivity index (χ4v) is 1.76. The van der Waals surface area contributed by atoms with Gasteiger partial charge in [0.05, 0.1) is 7.11 Å². The number of nitrogens with one attached hydrogen (secondary N) is 1. The summed E-state index contributed by atoms with van der Waals surface area (Å²) in [5.41, 5.74) is 1.07. The lowest BCUT2D eigenvalue weighted by atomic mass is 10.2. The van der Waals surface area contributed by atoms with E-state index in [2.05, 4.69) is 24.3 Å². The van der Waals surface area contributed by atoms with Crippen LogP contribution in [0.5, 0.6) is 11.5 Å². The van der Waals surface area contributed by atoms with E-state index in [1.807, 2.05) is 6.07 Å². The third-order valence-electron chi connectivity index (χ3n) is 2.78. The van der Waals surface area contributed by atoms with E-state index < -0.39 is 0 Å².